The van der Waals surface area contributed by atoms with E-state index >= 15 is 0 Å². The molecule has 0 atom stereocenters. The third kappa shape index (κ3) is 4.96. The SMILES string of the molecule is Cc1nc(CCNC(=O)Cc2cn(-c3ccccc3)nc2-c2ccc(Cl)cc2)cs1. The minimum absolute atomic E-state index is 0.0372. The Balaban J connectivity index is 1.52. The molecule has 7 heteroatoms. The van der Waals surface area contributed by atoms with Crippen molar-refractivity contribution in [2.75, 3.05) is 6.54 Å². The van der Waals surface area contributed by atoms with E-state index in [1.807, 2.05) is 77.8 Å². The summed E-state index contributed by atoms with van der Waals surface area (Å²) in [6, 6.07) is 17.4. The summed E-state index contributed by atoms with van der Waals surface area (Å²) in [5, 5.41) is 11.5. The molecule has 1 N–H and O–H groups in total. The number of para-hydroxylation sites is 1. The molecule has 1 amide bonds. The van der Waals surface area contributed by atoms with Gasteiger partial charge in [-0.3, -0.25) is 4.79 Å². The molecule has 0 aliphatic carbocycles. The van der Waals surface area contributed by atoms with Crippen molar-refractivity contribution in [1.29, 1.82) is 0 Å². The largest absolute Gasteiger partial charge is 0.355 e. The molecule has 0 spiro atoms. The van der Waals surface area contributed by atoms with Crippen LogP contribution < -0.4 is 5.32 Å². The van der Waals surface area contributed by atoms with E-state index in [-0.39, 0.29) is 12.3 Å². The Kier molecular flexibility index (Phi) is 6.26. The van der Waals surface area contributed by atoms with Crippen molar-refractivity contribution < 1.29 is 4.79 Å². The summed E-state index contributed by atoms with van der Waals surface area (Å²) in [6.07, 6.45) is 2.90. The number of halogens is 1. The van der Waals surface area contributed by atoms with Crippen molar-refractivity contribution in [1.82, 2.24) is 20.1 Å². The highest BCUT2D eigenvalue weighted by Crippen LogP contribution is 2.25. The Morgan fingerprint density at radius 3 is 2.60 bits per heavy atom. The standard InChI is InChI=1S/C23H21ClN4OS/c1-16-26-20(15-30-16)11-12-25-22(29)13-18-14-28(21-5-3-2-4-6-21)27-23(18)17-7-9-19(24)10-8-17/h2-10,14-15H,11-13H2,1H3,(H,25,29). The van der Waals surface area contributed by atoms with E-state index in [1.165, 1.54) is 0 Å². The van der Waals surface area contributed by atoms with Gasteiger partial charge in [-0.15, -0.1) is 11.3 Å². The molecule has 0 saturated heterocycles. The second-order valence-corrected chi connectivity index (χ2v) is 8.42. The molecule has 0 fully saturated rings. The van der Waals surface area contributed by atoms with E-state index in [1.54, 1.807) is 11.3 Å². The number of aryl methyl sites for hydroxylation is 1. The highest BCUT2D eigenvalue weighted by atomic mass is 35.5. The van der Waals surface area contributed by atoms with E-state index in [9.17, 15) is 4.79 Å². The number of rotatable bonds is 7. The Bertz CT molecular complexity index is 1140. The molecule has 2 heterocycles. The van der Waals surface area contributed by atoms with Gasteiger partial charge in [-0.25, -0.2) is 9.67 Å². The van der Waals surface area contributed by atoms with Crippen LogP contribution in [-0.4, -0.2) is 27.2 Å². The van der Waals surface area contributed by atoms with Crippen LogP contribution in [0.4, 0.5) is 0 Å². The van der Waals surface area contributed by atoms with Crippen LogP contribution in [-0.2, 0) is 17.6 Å². The molecule has 0 aliphatic rings. The molecule has 30 heavy (non-hydrogen) atoms. The maximum absolute atomic E-state index is 12.6. The monoisotopic (exact) mass is 436 g/mol. The van der Waals surface area contributed by atoms with Crippen LogP contribution >= 0.6 is 22.9 Å². The van der Waals surface area contributed by atoms with Crippen molar-refractivity contribution in [3.8, 4) is 16.9 Å². The molecule has 2 aromatic carbocycles. The van der Waals surface area contributed by atoms with Crippen LogP contribution in [0, 0.1) is 6.92 Å². The van der Waals surface area contributed by atoms with Gasteiger partial charge in [0.05, 0.1) is 28.5 Å². The Morgan fingerprint density at radius 2 is 1.90 bits per heavy atom. The van der Waals surface area contributed by atoms with Gasteiger partial charge in [0.15, 0.2) is 0 Å². The van der Waals surface area contributed by atoms with Crippen molar-refractivity contribution in [3.63, 3.8) is 0 Å². The maximum atomic E-state index is 12.6. The lowest BCUT2D eigenvalue weighted by Crippen LogP contribution is -2.27. The van der Waals surface area contributed by atoms with Crippen LogP contribution in [0.2, 0.25) is 5.02 Å². The molecule has 0 radical (unpaired) electrons. The average molecular weight is 437 g/mol. The Labute approximate surface area is 184 Å². The minimum Gasteiger partial charge on any atom is -0.355 e. The molecule has 4 aromatic rings. The summed E-state index contributed by atoms with van der Waals surface area (Å²) >= 11 is 7.66. The molecule has 0 saturated carbocycles. The number of carbonyl (C=O) groups excluding carboxylic acids is 1. The van der Waals surface area contributed by atoms with Crippen molar-refractivity contribution in [3.05, 3.63) is 87.5 Å². The predicted octanol–water partition coefficient (Wildman–Crippen LogP) is 4.86. The minimum atomic E-state index is -0.0372. The van der Waals surface area contributed by atoms with E-state index in [2.05, 4.69) is 10.3 Å². The lowest BCUT2D eigenvalue weighted by molar-refractivity contribution is -0.120. The van der Waals surface area contributed by atoms with Crippen LogP contribution in [0.5, 0.6) is 0 Å². The first kappa shape index (κ1) is 20.3. The number of carbonyl (C=O) groups is 1. The maximum Gasteiger partial charge on any atom is 0.224 e. The number of hydrogen-bond acceptors (Lipinski definition) is 4. The van der Waals surface area contributed by atoms with Crippen LogP contribution in [0.15, 0.2) is 66.2 Å². The fourth-order valence-corrected chi connectivity index (χ4v) is 3.96. The van der Waals surface area contributed by atoms with Gasteiger partial charge in [0.25, 0.3) is 0 Å². The van der Waals surface area contributed by atoms with Gasteiger partial charge in [-0.1, -0.05) is 41.9 Å². The molecule has 0 unspecified atom stereocenters. The van der Waals surface area contributed by atoms with Gasteiger partial charge in [0.1, 0.15) is 0 Å². The second-order valence-electron chi connectivity index (χ2n) is 6.92. The molecule has 0 aliphatic heterocycles. The second kappa shape index (κ2) is 9.24. The van der Waals surface area contributed by atoms with Gasteiger partial charge in [0.2, 0.25) is 5.91 Å². The predicted molar refractivity (Wildman–Crippen MR) is 121 cm³/mol. The molecular formula is C23H21ClN4OS. The lowest BCUT2D eigenvalue weighted by Gasteiger charge is -2.05. The normalized spacial score (nSPS) is 10.9. The van der Waals surface area contributed by atoms with Gasteiger partial charge < -0.3 is 5.32 Å². The third-order valence-electron chi connectivity index (χ3n) is 4.65. The van der Waals surface area contributed by atoms with E-state index < -0.39 is 0 Å². The number of benzene rings is 2. The van der Waals surface area contributed by atoms with Crippen molar-refractivity contribution >= 4 is 28.8 Å². The molecule has 0 bridgehead atoms. The van der Waals surface area contributed by atoms with Crippen LogP contribution in [0.1, 0.15) is 16.3 Å². The molecular weight excluding hydrogens is 416 g/mol. The Morgan fingerprint density at radius 1 is 1.13 bits per heavy atom. The third-order valence-corrected chi connectivity index (χ3v) is 5.72. The smallest absolute Gasteiger partial charge is 0.224 e. The first-order valence-corrected chi connectivity index (χ1v) is 10.9. The van der Waals surface area contributed by atoms with E-state index in [0.717, 1.165) is 39.6 Å². The van der Waals surface area contributed by atoms with Crippen molar-refractivity contribution in [2.24, 2.45) is 0 Å². The topological polar surface area (TPSA) is 59.8 Å². The van der Waals surface area contributed by atoms with E-state index in [4.69, 9.17) is 16.7 Å². The quantitative estimate of drug-likeness (QED) is 0.450. The number of nitrogens with zero attached hydrogens (tertiary/aromatic N) is 3. The lowest BCUT2D eigenvalue weighted by atomic mass is 10.1. The summed E-state index contributed by atoms with van der Waals surface area (Å²) < 4.78 is 1.81. The molecule has 2 aromatic heterocycles. The first-order chi connectivity index (χ1) is 14.6. The molecule has 4 rings (SSSR count). The van der Waals surface area contributed by atoms with Crippen LogP contribution in [0.3, 0.4) is 0 Å². The van der Waals surface area contributed by atoms with Gasteiger partial charge >= 0.3 is 0 Å². The van der Waals surface area contributed by atoms with Crippen LogP contribution in [0.25, 0.3) is 16.9 Å². The fraction of sp³-hybridized carbons (Fsp3) is 0.174. The Hall–Kier alpha value is -2.96. The zero-order chi connectivity index (χ0) is 20.9. The van der Waals surface area contributed by atoms with E-state index in [0.29, 0.717) is 11.6 Å². The number of nitrogens with one attached hydrogen (secondary N) is 1. The van der Waals surface area contributed by atoms with Gasteiger partial charge in [-0.05, 0) is 31.2 Å². The first-order valence-electron chi connectivity index (χ1n) is 9.66. The molecule has 5 nitrogen and oxygen atoms in total. The molecule has 152 valence electrons. The summed E-state index contributed by atoms with van der Waals surface area (Å²) in [6.45, 7) is 2.54. The highest BCUT2D eigenvalue weighted by molar-refractivity contribution is 7.09. The number of aromatic nitrogens is 3. The highest BCUT2D eigenvalue weighted by Gasteiger charge is 2.15. The average Bonchev–Trinajstić information content (AvgIpc) is 3.35. The van der Waals surface area contributed by atoms with Gasteiger partial charge in [-0.2, -0.15) is 5.10 Å². The zero-order valence-electron chi connectivity index (χ0n) is 16.5. The fourth-order valence-electron chi connectivity index (χ4n) is 3.19. The summed E-state index contributed by atoms with van der Waals surface area (Å²) in [4.78, 5) is 17.0. The number of amides is 1. The summed E-state index contributed by atoms with van der Waals surface area (Å²) in [7, 11) is 0. The summed E-state index contributed by atoms with van der Waals surface area (Å²) in [5.74, 6) is -0.0372. The van der Waals surface area contributed by atoms with Gasteiger partial charge in [0, 0.05) is 40.7 Å². The van der Waals surface area contributed by atoms with Crippen molar-refractivity contribution in [2.45, 2.75) is 19.8 Å². The zero-order valence-corrected chi connectivity index (χ0v) is 18.1. The number of thiazole rings is 1. The number of hydrogen-bond donors (Lipinski definition) is 1. The summed E-state index contributed by atoms with van der Waals surface area (Å²) in [5.41, 5.74) is 4.52.